The molecule has 0 saturated carbocycles. The number of nitrogens with zero attached hydrogens (tertiary/aromatic N) is 2. The van der Waals surface area contributed by atoms with E-state index in [0.29, 0.717) is 13.0 Å². The van der Waals surface area contributed by atoms with Gasteiger partial charge >= 0.3 is 0 Å². The Balaban J connectivity index is 1.67. The second-order valence-electron chi connectivity index (χ2n) is 5.36. The van der Waals surface area contributed by atoms with Gasteiger partial charge in [0.1, 0.15) is 0 Å². The molecule has 2 rings (SSSR count). The third-order valence-corrected chi connectivity index (χ3v) is 4.16. The minimum absolute atomic E-state index is 0.128. The van der Waals surface area contributed by atoms with Crippen molar-refractivity contribution in [2.24, 2.45) is 5.92 Å². The van der Waals surface area contributed by atoms with Crippen LogP contribution >= 0.6 is 0 Å². The molecule has 2 saturated heterocycles. The fraction of sp³-hybridized carbons (Fsp3) is 0.923. The number of aliphatic hydroxyl groups excluding tert-OH is 1. The molecule has 1 atom stereocenters. The molecule has 98 valence electrons. The number of rotatable bonds is 4. The van der Waals surface area contributed by atoms with E-state index in [9.17, 15) is 9.90 Å². The van der Waals surface area contributed by atoms with Crippen molar-refractivity contribution in [3.8, 4) is 0 Å². The van der Waals surface area contributed by atoms with Crippen molar-refractivity contribution in [3.05, 3.63) is 0 Å². The number of likely N-dealkylation sites (tertiary alicyclic amines) is 2. The average Bonchev–Trinajstić information content (AvgIpc) is 2.66. The Bertz CT molecular complexity index is 262. The first-order chi connectivity index (χ1) is 8.19. The van der Waals surface area contributed by atoms with E-state index in [1.54, 1.807) is 0 Å². The fourth-order valence-corrected chi connectivity index (χ4v) is 2.90. The van der Waals surface area contributed by atoms with Crippen molar-refractivity contribution in [2.75, 3.05) is 32.7 Å². The van der Waals surface area contributed by atoms with Gasteiger partial charge in [0.2, 0.25) is 5.91 Å². The zero-order valence-corrected chi connectivity index (χ0v) is 10.8. The Hall–Kier alpha value is -0.610. The highest BCUT2D eigenvalue weighted by Gasteiger charge is 2.28. The first kappa shape index (κ1) is 12.8. The van der Waals surface area contributed by atoms with Crippen LogP contribution in [0.1, 0.15) is 32.6 Å². The van der Waals surface area contributed by atoms with Crippen LogP contribution in [-0.2, 0) is 4.79 Å². The molecule has 2 heterocycles. The summed E-state index contributed by atoms with van der Waals surface area (Å²) in [7, 11) is 0. The third-order valence-electron chi connectivity index (χ3n) is 4.16. The summed E-state index contributed by atoms with van der Waals surface area (Å²) in [5.41, 5.74) is 0. The third kappa shape index (κ3) is 3.42. The number of aliphatic hydroxyl groups is 1. The summed E-state index contributed by atoms with van der Waals surface area (Å²) in [6.07, 6.45) is 3.53. The minimum atomic E-state index is -0.426. The SMILES string of the molecule is CCN1CCC(CCN2CC(O)CC2=O)CC1. The van der Waals surface area contributed by atoms with Crippen LogP contribution in [0.15, 0.2) is 0 Å². The van der Waals surface area contributed by atoms with Crippen molar-refractivity contribution in [1.29, 1.82) is 0 Å². The molecule has 0 aliphatic carbocycles. The van der Waals surface area contributed by atoms with Crippen LogP contribution in [0, 0.1) is 5.92 Å². The van der Waals surface area contributed by atoms with Crippen LogP contribution in [0.4, 0.5) is 0 Å². The summed E-state index contributed by atoms with van der Waals surface area (Å²) >= 11 is 0. The lowest BCUT2D eigenvalue weighted by atomic mass is 9.93. The van der Waals surface area contributed by atoms with E-state index in [1.807, 2.05) is 4.90 Å². The Morgan fingerprint density at radius 2 is 2.06 bits per heavy atom. The standard InChI is InChI=1S/C13H24N2O2/c1-2-14-6-3-11(4-7-14)5-8-15-10-12(16)9-13(15)17/h11-12,16H,2-10H2,1H3. The number of hydrogen-bond acceptors (Lipinski definition) is 3. The van der Waals surface area contributed by atoms with Gasteiger partial charge in [-0.3, -0.25) is 4.79 Å². The average molecular weight is 240 g/mol. The summed E-state index contributed by atoms with van der Waals surface area (Å²) in [6.45, 7) is 7.17. The van der Waals surface area contributed by atoms with Crippen molar-refractivity contribution in [1.82, 2.24) is 9.80 Å². The summed E-state index contributed by atoms with van der Waals surface area (Å²) in [5, 5.41) is 9.40. The molecule has 2 aliphatic heterocycles. The van der Waals surface area contributed by atoms with Crippen LogP contribution in [0.3, 0.4) is 0 Å². The molecule has 0 aromatic heterocycles. The van der Waals surface area contributed by atoms with Crippen LogP contribution < -0.4 is 0 Å². The van der Waals surface area contributed by atoms with Crippen molar-refractivity contribution < 1.29 is 9.90 Å². The molecular formula is C13H24N2O2. The molecule has 2 fully saturated rings. The Morgan fingerprint density at radius 1 is 1.35 bits per heavy atom. The van der Waals surface area contributed by atoms with E-state index in [0.717, 1.165) is 25.4 Å². The lowest BCUT2D eigenvalue weighted by Gasteiger charge is -2.31. The molecule has 0 aromatic rings. The first-order valence-corrected chi connectivity index (χ1v) is 6.87. The summed E-state index contributed by atoms with van der Waals surface area (Å²) in [6, 6.07) is 0. The summed E-state index contributed by atoms with van der Waals surface area (Å²) in [5.74, 6) is 0.895. The van der Waals surface area contributed by atoms with Gasteiger partial charge in [0.05, 0.1) is 12.5 Å². The molecule has 0 aromatic carbocycles. The van der Waals surface area contributed by atoms with Gasteiger partial charge in [-0.2, -0.15) is 0 Å². The second-order valence-corrected chi connectivity index (χ2v) is 5.36. The lowest BCUT2D eigenvalue weighted by molar-refractivity contribution is -0.127. The molecule has 0 bridgehead atoms. The highest BCUT2D eigenvalue weighted by Crippen LogP contribution is 2.21. The van der Waals surface area contributed by atoms with E-state index in [4.69, 9.17) is 0 Å². The number of carbonyl (C=O) groups excluding carboxylic acids is 1. The number of hydrogen-bond donors (Lipinski definition) is 1. The summed E-state index contributed by atoms with van der Waals surface area (Å²) in [4.78, 5) is 15.8. The smallest absolute Gasteiger partial charge is 0.225 e. The van der Waals surface area contributed by atoms with Gasteiger partial charge in [-0.15, -0.1) is 0 Å². The number of β-amino-alcohol motifs (C(OH)–C–C–N with tert-alkyl or cyclic N) is 1. The zero-order chi connectivity index (χ0) is 12.3. The maximum Gasteiger partial charge on any atom is 0.225 e. The molecule has 1 amide bonds. The van der Waals surface area contributed by atoms with Crippen molar-refractivity contribution >= 4 is 5.91 Å². The number of amides is 1. The van der Waals surface area contributed by atoms with Crippen molar-refractivity contribution in [2.45, 2.75) is 38.7 Å². The maximum atomic E-state index is 11.5. The van der Waals surface area contributed by atoms with E-state index in [2.05, 4.69) is 11.8 Å². The quantitative estimate of drug-likeness (QED) is 0.787. The van der Waals surface area contributed by atoms with Crippen LogP contribution in [0.5, 0.6) is 0 Å². The molecule has 4 nitrogen and oxygen atoms in total. The van der Waals surface area contributed by atoms with Gasteiger partial charge in [-0.25, -0.2) is 0 Å². The molecule has 0 radical (unpaired) electrons. The van der Waals surface area contributed by atoms with E-state index < -0.39 is 6.10 Å². The molecule has 1 N–H and O–H groups in total. The molecular weight excluding hydrogens is 216 g/mol. The molecule has 17 heavy (non-hydrogen) atoms. The normalized spacial score (nSPS) is 28.0. The Kier molecular flexibility index (Phi) is 4.40. The summed E-state index contributed by atoms with van der Waals surface area (Å²) < 4.78 is 0. The van der Waals surface area contributed by atoms with Gasteiger partial charge < -0.3 is 14.9 Å². The van der Waals surface area contributed by atoms with E-state index in [-0.39, 0.29) is 5.91 Å². The van der Waals surface area contributed by atoms with E-state index >= 15 is 0 Å². The van der Waals surface area contributed by atoms with Gasteiger partial charge in [-0.05, 0) is 44.8 Å². The topological polar surface area (TPSA) is 43.8 Å². The molecule has 2 aliphatic rings. The monoisotopic (exact) mass is 240 g/mol. The second kappa shape index (κ2) is 5.83. The molecule has 1 unspecified atom stereocenters. The van der Waals surface area contributed by atoms with Gasteiger partial charge in [0.15, 0.2) is 0 Å². The van der Waals surface area contributed by atoms with Crippen LogP contribution in [0.25, 0.3) is 0 Å². The van der Waals surface area contributed by atoms with Gasteiger partial charge in [0.25, 0.3) is 0 Å². The Morgan fingerprint density at radius 3 is 2.59 bits per heavy atom. The highest BCUT2D eigenvalue weighted by atomic mass is 16.3. The van der Waals surface area contributed by atoms with E-state index in [1.165, 1.54) is 25.9 Å². The minimum Gasteiger partial charge on any atom is -0.391 e. The van der Waals surface area contributed by atoms with Crippen molar-refractivity contribution in [3.63, 3.8) is 0 Å². The molecule has 4 heteroatoms. The van der Waals surface area contributed by atoms with Crippen LogP contribution in [-0.4, -0.2) is 59.6 Å². The highest BCUT2D eigenvalue weighted by molar-refractivity contribution is 5.78. The number of piperidine rings is 1. The predicted molar refractivity (Wildman–Crippen MR) is 66.7 cm³/mol. The Labute approximate surface area is 104 Å². The first-order valence-electron chi connectivity index (χ1n) is 6.87. The zero-order valence-electron chi connectivity index (χ0n) is 10.8. The van der Waals surface area contributed by atoms with Crippen LogP contribution in [0.2, 0.25) is 0 Å². The van der Waals surface area contributed by atoms with Gasteiger partial charge in [-0.1, -0.05) is 6.92 Å². The maximum absolute atomic E-state index is 11.5. The predicted octanol–water partition coefficient (Wildman–Crippen LogP) is 0.702. The lowest BCUT2D eigenvalue weighted by Crippen LogP contribution is -2.35. The fourth-order valence-electron chi connectivity index (χ4n) is 2.90. The largest absolute Gasteiger partial charge is 0.391 e. The molecule has 0 spiro atoms. The van der Waals surface area contributed by atoms with Gasteiger partial charge in [0, 0.05) is 13.1 Å². The number of carbonyl (C=O) groups is 1.